The summed E-state index contributed by atoms with van der Waals surface area (Å²) >= 11 is 1.43. The Hall–Kier alpha value is -5.04. The number of aromatic nitrogens is 4. The number of thiophene rings is 1. The Balaban J connectivity index is 1.16. The van der Waals surface area contributed by atoms with Gasteiger partial charge in [-0.25, -0.2) is 4.98 Å². The van der Waals surface area contributed by atoms with E-state index in [0.29, 0.717) is 71.2 Å². The molecule has 262 valence electrons. The predicted molar refractivity (Wildman–Crippen MR) is 192 cm³/mol. The molecule has 2 aromatic carbocycles. The molecule has 4 heterocycles. The summed E-state index contributed by atoms with van der Waals surface area (Å²) in [6, 6.07) is 10.8. The van der Waals surface area contributed by atoms with E-state index in [1.165, 1.54) is 22.5 Å². The molecule has 0 saturated carbocycles. The van der Waals surface area contributed by atoms with Gasteiger partial charge in [-0.15, -0.1) is 11.3 Å². The lowest BCUT2D eigenvalue weighted by Crippen LogP contribution is -2.26. The Morgan fingerprint density at radius 2 is 1.82 bits per heavy atom. The number of imidazole rings is 1. The summed E-state index contributed by atoms with van der Waals surface area (Å²) in [5.74, 6) is -2.18. The van der Waals surface area contributed by atoms with Crippen molar-refractivity contribution >= 4 is 62.0 Å². The van der Waals surface area contributed by atoms with Crippen LogP contribution in [0.4, 0.5) is 5.95 Å². The fourth-order valence-corrected chi connectivity index (χ4v) is 7.93. The molecule has 5 aromatic rings. The molecule has 50 heavy (non-hydrogen) atoms. The van der Waals surface area contributed by atoms with Gasteiger partial charge in [-0.3, -0.25) is 29.2 Å². The maximum absolute atomic E-state index is 13.4. The highest BCUT2D eigenvalue weighted by Gasteiger charge is 2.30. The van der Waals surface area contributed by atoms with Crippen LogP contribution in [0.2, 0.25) is 0 Å². The molecule has 1 aliphatic heterocycles. The third-order valence-corrected chi connectivity index (χ3v) is 10.6. The molecule has 3 aromatic heterocycles. The number of carbonyl (C=O) groups excluding carboxylic acids is 3. The minimum atomic E-state index is -0.982. The topological polar surface area (TPSA) is 171 Å². The number of anilines is 1. The fraction of sp³-hybridized carbons (Fsp3) is 0.405. The van der Waals surface area contributed by atoms with Crippen LogP contribution in [0.3, 0.4) is 0 Å². The van der Waals surface area contributed by atoms with Gasteiger partial charge in [0, 0.05) is 23.2 Å². The Morgan fingerprint density at radius 3 is 2.52 bits per heavy atom. The molecule has 13 heteroatoms. The van der Waals surface area contributed by atoms with Gasteiger partial charge in [0.2, 0.25) is 11.9 Å². The molecule has 1 unspecified atom stereocenters. The van der Waals surface area contributed by atoms with E-state index < -0.39 is 17.8 Å². The smallest absolute Gasteiger partial charge is 0.306 e. The van der Waals surface area contributed by atoms with Gasteiger partial charge in [0.25, 0.3) is 5.91 Å². The molecule has 0 fully saturated rings. The number of amides is 2. The van der Waals surface area contributed by atoms with Crippen molar-refractivity contribution in [1.29, 1.82) is 0 Å². The molecule has 6 rings (SSSR count). The van der Waals surface area contributed by atoms with Gasteiger partial charge in [-0.05, 0) is 86.4 Å². The van der Waals surface area contributed by atoms with Crippen molar-refractivity contribution in [3.63, 3.8) is 0 Å². The van der Waals surface area contributed by atoms with E-state index in [2.05, 4.69) is 41.4 Å². The first-order valence-corrected chi connectivity index (χ1v) is 18.0. The highest BCUT2D eigenvalue weighted by Crippen LogP contribution is 2.39. The first-order valence-electron chi connectivity index (χ1n) is 17.2. The Morgan fingerprint density at radius 1 is 1.06 bits per heavy atom. The Bertz CT molecular complexity index is 2090. The molecule has 0 spiro atoms. The molecule has 0 bridgehead atoms. The number of hydrogen-bond donors (Lipinski definition) is 3. The standard InChI is InChI=1S/C37H42N6O6S/c1-5-21-13-24-18-32(50-31(24)17-22(21)6-2)29(44)15-23(36(47)48)10-8-9-11-26-19-49-30-16-25(34(38)45)14-27-33(30)43(26)37(39-27)40-35(46)28-12-20(4)41-42(28)7-3/h12-14,16-18,23,26H,5-11,15,19H2,1-4H3,(H2,38,45)(H,47,48)(H,39,40,46)/t23?,26-/m0/s1. The summed E-state index contributed by atoms with van der Waals surface area (Å²) in [5.41, 5.74) is 10.6. The van der Waals surface area contributed by atoms with Gasteiger partial charge in [0.15, 0.2) is 5.78 Å². The molecule has 4 N–H and O–H groups in total. The molecule has 2 amide bonds. The molecular formula is C37H42N6O6S. The first kappa shape index (κ1) is 34.8. The predicted octanol–water partition coefficient (Wildman–Crippen LogP) is 6.72. The molecule has 0 saturated heterocycles. The minimum Gasteiger partial charge on any atom is -0.489 e. The summed E-state index contributed by atoms with van der Waals surface area (Å²) in [6.07, 6.45) is 3.96. The second-order valence-electron chi connectivity index (χ2n) is 12.8. The number of nitrogens with two attached hydrogens (primary N) is 1. The Labute approximate surface area is 293 Å². The first-order chi connectivity index (χ1) is 24.0. The molecule has 12 nitrogen and oxygen atoms in total. The average molecular weight is 699 g/mol. The number of ketones is 1. The summed E-state index contributed by atoms with van der Waals surface area (Å²) in [6.45, 7) is 8.73. The maximum Gasteiger partial charge on any atom is 0.306 e. The number of aliphatic carboxylic acids is 1. The van der Waals surface area contributed by atoms with Crippen molar-refractivity contribution in [2.75, 3.05) is 11.9 Å². The fourth-order valence-electron chi connectivity index (χ4n) is 6.88. The number of carbonyl (C=O) groups is 4. The van der Waals surface area contributed by atoms with Crippen molar-refractivity contribution in [2.45, 2.75) is 85.2 Å². The van der Waals surface area contributed by atoms with E-state index in [4.69, 9.17) is 10.5 Å². The van der Waals surface area contributed by atoms with Crippen molar-refractivity contribution in [1.82, 2.24) is 19.3 Å². The number of carboxylic acids is 1. The number of ether oxygens (including phenoxy) is 1. The van der Waals surface area contributed by atoms with E-state index in [1.54, 1.807) is 22.9 Å². The zero-order chi connectivity index (χ0) is 35.7. The van der Waals surface area contributed by atoms with Crippen LogP contribution in [0, 0.1) is 12.8 Å². The third-order valence-electron chi connectivity index (χ3n) is 9.49. The zero-order valence-corrected chi connectivity index (χ0v) is 29.6. The maximum atomic E-state index is 13.4. The summed E-state index contributed by atoms with van der Waals surface area (Å²) in [7, 11) is 0. The Kier molecular flexibility index (Phi) is 10.1. The number of fused-ring (bicyclic) bond motifs is 1. The van der Waals surface area contributed by atoms with Gasteiger partial charge in [0.1, 0.15) is 23.6 Å². The normalized spacial score (nSPS) is 14.5. The third kappa shape index (κ3) is 6.87. The number of primary amides is 1. The van der Waals surface area contributed by atoms with Gasteiger partial charge in [-0.2, -0.15) is 5.10 Å². The molecule has 0 aliphatic carbocycles. The van der Waals surface area contributed by atoms with Gasteiger partial charge < -0.3 is 20.1 Å². The largest absolute Gasteiger partial charge is 0.489 e. The lowest BCUT2D eigenvalue weighted by Gasteiger charge is -2.27. The number of nitrogens with one attached hydrogen (secondary N) is 1. The van der Waals surface area contributed by atoms with Crippen LogP contribution in [0.15, 0.2) is 36.4 Å². The van der Waals surface area contributed by atoms with Crippen LogP contribution in [0.25, 0.3) is 21.1 Å². The van der Waals surface area contributed by atoms with Crippen molar-refractivity contribution in [2.24, 2.45) is 11.7 Å². The quantitative estimate of drug-likeness (QED) is 0.0799. The number of Topliss-reactive ketones (excluding diaryl/α,β-unsaturated/α-hetero) is 1. The number of unbranched alkanes of at least 4 members (excludes halogenated alkanes) is 1. The van der Waals surface area contributed by atoms with E-state index in [0.717, 1.165) is 22.9 Å². The lowest BCUT2D eigenvalue weighted by molar-refractivity contribution is -0.141. The summed E-state index contributed by atoms with van der Waals surface area (Å²) in [4.78, 5) is 56.3. The van der Waals surface area contributed by atoms with Crippen LogP contribution in [-0.4, -0.2) is 54.6 Å². The van der Waals surface area contributed by atoms with E-state index in [1.807, 2.05) is 24.5 Å². The van der Waals surface area contributed by atoms with Crippen LogP contribution in [0.5, 0.6) is 5.75 Å². The van der Waals surface area contributed by atoms with Crippen LogP contribution >= 0.6 is 11.3 Å². The SMILES string of the molecule is CCc1cc2cc(C(=O)CC(CCCC[C@H]3COc4cc(C(N)=O)cc5nc(NC(=O)c6cc(C)nn6CC)n3c45)C(=O)O)sc2cc1CC. The monoisotopic (exact) mass is 698 g/mol. The van der Waals surface area contributed by atoms with E-state index in [-0.39, 0.29) is 36.3 Å². The summed E-state index contributed by atoms with van der Waals surface area (Å²) < 4.78 is 10.7. The minimum absolute atomic E-state index is 0.0579. The number of rotatable bonds is 15. The van der Waals surface area contributed by atoms with Crippen LogP contribution in [-0.2, 0) is 24.2 Å². The van der Waals surface area contributed by atoms with Crippen LogP contribution < -0.4 is 15.8 Å². The van der Waals surface area contributed by atoms with Gasteiger partial charge in [0.05, 0.1) is 28.0 Å². The number of nitrogens with zero attached hydrogens (tertiary/aromatic N) is 4. The molecule has 2 atom stereocenters. The molecule has 0 radical (unpaired) electrons. The molecule has 1 aliphatic rings. The van der Waals surface area contributed by atoms with Crippen LogP contribution in [0.1, 0.15) is 106 Å². The highest BCUT2D eigenvalue weighted by molar-refractivity contribution is 7.20. The van der Waals surface area contributed by atoms with Crippen molar-refractivity contribution in [3.05, 3.63) is 69.4 Å². The number of carboxylic acid groups (broad SMARTS) is 1. The second-order valence-corrected chi connectivity index (χ2v) is 13.9. The lowest BCUT2D eigenvalue weighted by atomic mass is 9.94. The van der Waals surface area contributed by atoms with Gasteiger partial charge in [-0.1, -0.05) is 32.8 Å². The van der Waals surface area contributed by atoms with Gasteiger partial charge >= 0.3 is 5.97 Å². The molecular weight excluding hydrogens is 657 g/mol. The summed E-state index contributed by atoms with van der Waals surface area (Å²) in [5, 5.41) is 18.4. The van der Waals surface area contributed by atoms with Crippen molar-refractivity contribution < 1.29 is 29.0 Å². The van der Waals surface area contributed by atoms with Crippen molar-refractivity contribution in [3.8, 4) is 5.75 Å². The number of benzene rings is 2. The number of hydrogen-bond acceptors (Lipinski definition) is 8. The van der Waals surface area contributed by atoms with E-state index in [9.17, 15) is 24.3 Å². The number of aryl methyl sites for hydroxylation is 4. The second kappa shape index (κ2) is 14.4. The highest BCUT2D eigenvalue weighted by atomic mass is 32.1. The average Bonchev–Trinajstić information content (AvgIpc) is 3.80. The zero-order valence-electron chi connectivity index (χ0n) is 28.7. The van der Waals surface area contributed by atoms with E-state index >= 15 is 0 Å².